The van der Waals surface area contributed by atoms with Crippen molar-refractivity contribution in [3.8, 4) is 0 Å². The van der Waals surface area contributed by atoms with Crippen molar-refractivity contribution in [3.05, 3.63) is 57.6 Å². The van der Waals surface area contributed by atoms with Gasteiger partial charge in [-0.05, 0) is 16.8 Å². The largest absolute Gasteiger partial charge is 0.336 e. The van der Waals surface area contributed by atoms with Crippen molar-refractivity contribution in [2.75, 3.05) is 0 Å². The molecular formula is C13H7NO4. The lowest BCUT2D eigenvalue weighted by atomic mass is 10.0. The second kappa shape index (κ2) is 3.46. The van der Waals surface area contributed by atoms with E-state index in [1.807, 2.05) is 0 Å². The van der Waals surface area contributed by atoms with Gasteiger partial charge in [-0.1, -0.05) is 30.3 Å². The van der Waals surface area contributed by atoms with Gasteiger partial charge in [0.2, 0.25) is 11.6 Å². The minimum absolute atomic E-state index is 0.153. The van der Waals surface area contributed by atoms with Crippen molar-refractivity contribution >= 4 is 22.3 Å². The van der Waals surface area contributed by atoms with Crippen molar-refractivity contribution in [1.29, 1.82) is 0 Å². The molecule has 0 fully saturated rings. The Labute approximate surface area is 101 Å². The van der Waals surface area contributed by atoms with E-state index in [9.17, 15) is 19.7 Å². The molecule has 0 bridgehead atoms. The molecule has 0 heterocycles. The lowest BCUT2D eigenvalue weighted by Gasteiger charge is -2.01. The number of Topliss-reactive ketones (excluding diaryl/α,β-unsaturated/α-hetero) is 2. The van der Waals surface area contributed by atoms with E-state index >= 15 is 0 Å². The van der Waals surface area contributed by atoms with Crippen LogP contribution in [0.15, 0.2) is 36.4 Å². The van der Waals surface area contributed by atoms with Gasteiger partial charge in [0.1, 0.15) is 0 Å². The number of nitro groups is 1. The summed E-state index contributed by atoms with van der Waals surface area (Å²) >= 11 is 0. The molecule has 1 aliphatic rings. The number of ketones is 2. The van der Waals surface area contributed by atoms with Gasteiger partial charge in [0, 0.05) is 16.1 Å². The molecule has 5 heteroatoms. The van der Waals surface area contributed by atoms with Gasteiger partial charge >= 0.3 is 6.04 Å². The Hall–Kier alpha value is -2.56. The fourth-order valence-electron chi connectivity index (χ4n) is 2.34. The third-order valence-corrected chi connectivity index (χ3v) is 3.15. The van der Waals surface area contributed by atoms with Gasteiger partial charge in [-0.3, -0.25) is 19.7 Å². The third kappa shape index (κ3) is 1.21. The molecule has 2 aromatic rings. The number of hydrogen-bond acceptors (Lipinski definition) is 4. The Morgan fingerprint density at radius 3 is 2.44 bits per heavy atom. The number of carbonyl (C=O) groups excluding carboxylic acids is 2. The third-order valence-electron chi connectivity index (χ3n) is 3.15. The lowest BCUT2D eigenvalue weighted by molar-refractivity contribution is -0.488. The number of rotatable bonds is 1. The normalized spacial score (nSPS) is 18.1. The molecule has 5 nitrogen and oxygen atoms in total. The first-order valence-electron chi connectivity index (χ1n) is 5.35. The summed E-state index contributed by atoms with van der Waals surface area (Å²) in [6.45, 7) is 0. The van der Waals surface area contributed by atoms with Crippen LogP contribution in [0.5, 0.6) is 0 Å². The topological polar surface area (TPSA) is 77.3 Å². The monoisotopic (exact) mass is 241 g/mol. The summed E-state index contributed by atoms with van der Waals surface area (Å²) in [6, 6.07) is 8.45. The summed E-state index contributed by atoms with van der Waals surface area (Å²) in [4.78, 5) is 33.8. The predicted molar refractivity (Wildman–Crippen MR) is 63.4 cm³/mol. The van der Waals surface area contributed by atoms with E-state index in [1.54, 1.807) is 30.3 Å². The minimum Gasteiger partial charge on any atom is -0.286 e. The first-order chi connectivity index (χ1) is 8.61. The van der Waals surface area contributed by atoms with Gasteiger partial charge in [0.15, 0.2) is 0 Å². The van der Waals surface area contributed by atoms with Crippen LogP contribution < -0.4 is 0 Å². The van der Waals surface area contributed by atoms with E-state index in [0.717, 1.165) is 5.39 Å². The van der Waals surface area contributed by atoms with Crippen LogP contribution >= 0.6 is 0 Å². The highest BCUT2D eigenvalue weighted by molar-refractivity contribution is 6.32. The molecule has 0 aromatic heterocycles. The summed E-state index contributed by atoms with van der Waals surface area (Å²) < 4.78 is 0. The SMILES string of the molecule is O=C1c2ccc3ccccc3c2C(=O)[C@@H]1[N+](=O)[O-]. The van der Waals surface area contributed by atoms with E-state index in [2.05, 4.69) is 0 Å². The number of hydrogen-bond donors (Lipinski definition) is 0. The number of carbonyl (C=O) groups is 2. The fraction of sp³-hybridized carbons (Fsp3) is 0.0769. The lowest BCUT2D eigenvalue weighted by Crippen LogP contribution is -2.31. The van der Waals surface area contributed by atoms with Crippen LogP contribution in [0.2, 0.25) is 0 Å². The summed E-state index contributed by atoms with van der Waals surface area (Å²) in [5.74, 6) is -1.43. The Kier molecular flexibility index (Phi) is 2.04. The van der Waals surface area contributed by atoms with E-state index in [1.165, 1.54) is 6.07 Å². The molecule has 3 rings (SSSR count). The van der Waals surface area contributed by atoms with Crippen LogP contribution in [0.1, 0.15) is 20.7 Å². The summed E-state index contributed by atoms with van der Waals surface area (Å²) in [5.41, 5.74) is 0.334. The van der Waals surface area contributed by atoms with Crippen molar-refractivity contribution in [2.45, 2.75) is 6.04 Å². The zero-order valence-corrected chi connectivity index (χ0v) is 9.12. The first kappa shape index (κ1) is 10.6. The van der Waals surface area contributed by atoms with Crippen LogP contribution in [-0.2, 0) is 0 Å². The molecule has 0 saturated heterocycles. The van der Waals surface area contributed by atoms with Crippen LogP contribution in [0.3, 0.4) is 0 Å². The molecule has 0 N–H and O–H groups in total. The highest BCUT2D eigenvalue weighted by Crippen LogP contribution is 2.30. The smallest absolute Gasteiger partial charge is 0.286 e. The minimum atomic E-state index is -1.77. The average molecular weight is 241 g/mol. The molecule has 0 unspecified atom stereocenters. The van der Waals surface area contributed by atoms with E-state index in [4.69, 9.17) is 0 Å². The highest BCUT2D eigenvalue weighted by Gasteiger charge is 2.48. The maximum absolute atomic E-state index is 12.0. The van der Waals surface area contributed by atoms with E-state index in [-0.39, 0.29) is 11.1 Å². The van der Waals surface area contributed by atoms with E-state index < -0.39 is 22.5 Å². The summed E-state index contributed by atoms with van der Waals surface area (Å²) in [5, 5.41) is 12.2. The molecule has 88 valence electrons. The molecular weight excluding hydrogens is 234 g/mol. The van der Waals surface area contributed by atoms with Gasteiger partial charge in [-0.2, -0.15) is 0 Å². The zero-order valence-electron chi connectivity index (χ0n) is 9.12. The number of benzene rings is 2. The van der Waals surface area contributed by atoms with Gasteiger partial charge in [-0.15, -0.1) is 0 Å². The average Bonchev–Trinajstić information content (AvgIpc) is 2.62. The summed E-state index contributed by atoms with van der Waals surface area (Å²) in [7, 11) is 0. The molecule has 1 aliphatic carbocycles. The van der Waals surface area contributed by atoms with Crippen molar-refractivity contribution in [3.63, 3.8) is 0 Å². The van der Waals surface area contributed by atoms with Crippen LogP contribution in [0.4, 0.5) is 0 Å². The van der Waals surface area contributed by atoms with E-state index in [0.29, 0.717) is 5.39 Å². The number of fused-ring (bicyclic) bond motifs is 3. The second-order valence-electron chi connectivity index (χ2n) is 4.13. The second-order valence-corrected chi connectivity index (χ2v) is 4.13. The quantitative estimate of drug-likeness (QED) is 0.433. The Bertz CT molecular complexity index is 720. The van der Waals surface area contributed by atoms with Gasteiger partial charge in [-0.25, -0.2) is 0 Å². The van der Waals surface area contributed by atoms with Crippen LogP contribution in [0, 0.1) is 10.1 Å². The molecule has 2 aromatic carbocycles. The molecule has 0 amide bonds. The standard InChI is InChI=1S/C13H7NO4/c15-12-9-6-5-7-3-1-2-4-8(7)10(9)13(16)11(12)14(17)18/h1-6,11H/t11-/m1/s1. The molecule has 0 aliphatic heterocycles. The van der Waals surface area contributed by atoms with Crippen LogP contribution in [-0.4, -0.2) is 22.5 Å². The first-order valence-corrected chi connectivity index (χ1v) is 5.35. The fourth-order valence-corrected chi connectivity index (χ4v) is 2.34. The predicted octanol–water partition coefficient (Wildman–Crippen LogP) is 1.86. The number of nitrogens with zero attached hydrogens (tertiary/aromatic N) is 1. The van der Waals surface area contributed by atoms with Gasteiger partial charge < -0.3 is 0 Å². The zero-order chi connectivity index (χ0) is 12.9. The van der Waals surface area contributed by atoms with Gasteiger partial charge in [0.05, 0.1) is 0 Å². The molecule has 18 heavy (non-hydrogen) atoms. The van der Waals surface area contributed by atoms with Crippen LogP contribution in [0.25, 0.3) is 10.8 Å². The Balaban J connectivity index is 2.36. The maximum Gasteiger partial charge on any atom is 0.336 e. The van der Waals surface area contributed by atoms with Gasteiger partial charge in [0.25, 0.3) is 0 Å². The highest BCUT2D eigenvalue weighted by atomic mass is 16.6. The Morgan fingerprint density at radius 1 is 1.00 bits per heavy atom. The Morgan fingerprint density at radius 2 is 1.72 bits per heavy atom. The maximum atomic E-state index is 12.0. The van der Waals surface area contributed by atoms with Crippen molar-refractivity contribution < 1.29 is 14.5 Å². The van der Waals surface area contributed by atoms with Crippen molar-refractivity contribution in [2.24, 2.45) is 0 Å². The molecule has 0 saturated carbocycles. The summed E-state index contributed by atoms with van der Waals surface area (Å²) in [6.07, 6.45) is 0. The molecule has 1 atom stereocenters. The van der Waals surface area contributed by atoms with Crippen molar-refractivity contribution in [1.82, 2.24) is 0 Å². The molecule has 0 spiro atoms. The molecule has 0 radical (unpaired) electrons.